The first-order valence-corrected chi connectivity index (χ1v) is 5.34. The van der Waals surface area contributed by atoms with Gasteiger partial charge in [0, 0.05) is 28.9 Å². The third kappa shape index (κ3) is 1.80. The Morgan fingerprint density at radius 3 is 2.71 bits per heavy atom. The first-order valence-electron chi connectivity index (χ1n) is 5.34. The largest absolute Gasteiger partial charge is 0.358 e. The zero-order valence-electron chi connectivity index (χ0n) is 9.61. The van der Waals surface area contributed by atoms with E-state index in [1.54, 1.807) is 6.07 Å². The zero-order valence-corrected chi connectivity index (χ0v) is 9.61. The molecule has 1 aromatic heterocycles. The maximum atomic E-state index is 12.1. The van der Waals surface area contributed by atoms with Crippen LogP contribution in [0.1, 0.15) is 18.2 Å². The maximum Gasteiger partial charge on any atom is 0.270 e. The Morgan fingerprint density at radius 1 is 1.41 bits per heavy atom. The summed E-state index contributed by atoms with van der Waals surface area (Å²) in [5, 5.41) is 11.0. The van der Waals surface area contributed by atoms with Gasteiger partial charge in [-0.05, 0) is 19.4 Å². The summed E-state index contributed by atoms with van der Waals surface area (Å²) in [5.41, 5.74) is 1.95. The Hall–Kier alpha value is -2.17. The molecule has 1 heterocycles. The maximum absolute atomic E-state index is 12.1. The number of pyridine rings is 1. The SMILES string of the molecule is CCc1c(C)[nH]c2ccc([N+](=O)[O-])cc2c1=O. The van der Waals surface area contributed by atoms with Crippen LogP contribution in [0.5, 0.6) is 0 Å². The Kier molecular flexibility index (Phi) is 2.67. The molecule has 1 aromatic carbocycles. The van der Waals surface area contributed by atoms with Crippen molar-refractivity contribution >= 4 is 16.6 Å². The van der Waals surface area contributed by atoms with Crippen LogP contribution in [-0.4, -0.2) is 9.91 Å². The average molecular weight is 232 g/mol. The average Bonchev–Trinajstić information content (AvgIpc) is 2.29. The predicted octanol–water partition coefficient (Wildman–Crippen LogP) is 2.31. The molecule has 1 N–H and O–H groups in total. The Balaban J connectivity index is 2.85. The quantitative estimate of drug-likeness (QED) is 0.637. The van der Waals surface area contributed by atoms with E-state index in [2.05, 4.69) is 4.98 Å². The molecular formula is C12H12N2O3. The number of benzene rings is 1. The molecule has 0 radical (unpaired) electrons. The number of aromatic amines is 1. The van der Waals surface area contributed by atoms with Crippen LogP contribution in [0.3, 0.4) is 0 Å². The number of nitrogens with one attached hydrogen (secondary N) is 1. The van der Waals surface area contributed by atoms with Crippen molar-refractivity contribution in [3.05, 3.63) is 49.8 Å². The van der Waals surface area contributed by atoms with Crippen molar-refractivity contribution in [1.29, 1.82) is 0 Å². The number of nitro groups is 1. The lowest BCUT2D eigenvalue weighted by atomic mass is 10.1. The van der Waals surface area contributed by atoms with Crippen LogP contribution in [0.4, 0.5) is 5.69 Å². The van der Waals surface area contributed by atoms with Crippen LogP contribution in [-0.2, 0) is 6.42 Å². The fraction of sp³-hybridized carbons (Fsp3) is 0.250. The molecule has 0 aliphatic heterocycles. The Labute approximate surface area is 97.2 Å². The van der Waals surface area contributed by atoms with Gasteiger partial charge in [-0.3, -0.25) is 14.9 Å². The molecule has 0 aliphatic carbocycles. The molecule has 0 saturated carbocycles. The minimum atomic E-state index is -0.496. The molecule has 88 valence electrons. The number of aryl methyl sites for hydroxylation is 1. The molecule has 0 aliphatic rings. The highest BCUT2D eigenvalue weighted by Gasteiger charge is 2.12. The van der Waals surface area contributed by atoms with Crippen molar-refractivity contribution in [1.82, 2.24) is 4.98 Å². The number of hydrogen-bond donors (Lipinski definition) is 1. The fourth-order valence-electron chi connectivity index (χ4n) is 1.98. The highest BCUT2D eigenvalue weighted by Crippen LogP contribution is 2.18. The first-order chi connectivity index (χ1) is 8.04. The normalized spacial score (nSPS) is 10.7. The molecule has 0 spiro atoms. The van der Waals surface area contributed by atoms with Crippen molar-refractivity contribution in [3.63, 3.8) is 0 Å². The van der Waals surface area contributed by atoms with Gasteiger partial charge in [0.1, 0.15) is 0 Å². The molecule has 5 heteroatoms. The smallest absolute Gasteiger partial charge is 0.270 e. The second-order valence-corrected chi connectivity index (χ2v) is 3.90. The van der Waals surface area contributed by atoms with E-state index in [-0.39, 0.29) is 11.1 Å². The highest BCUT2D eigenvalue weighted by atomic mass is 16.6. The van der Waals surface area contributed by atoms with E-state index in [4.69, 9.17) is 0 Å². The molecule has 0 bridgehead atoms. The van der Waals surface area contributed by atoms with Gasteiger partial charge in [-0.2, -0.15) is 0 Å². The predicted molar refractivity (Wildman–Crippen MR) is 65.3 cm³/mol. The van der Waals surface area contributed by atoms with Crippen molar-refractivity contribution in [2.24, 2.45) is 0 Å². The number of nitro benzene ring substituents is 1. The van der Waals surface area contributed by atoms with E-state index >= 15 is 0 Å². The van der Waals surface area contributed by atoms with Gasteiger partial charge in [-0.25, -0.2) is 0 Å². The van der Waals surface area contributed by atoms with Gasteiger partial charge in [-0.15, -0.1) is 0 Å². The summed E-state index contributed by atoms with van der Waals surface area (Å²) >= 11 is 0. The van der Waals surface area contributed by atoms with E-state index in [9.17, 15) is 14.9 Å². The summed E-state index contributed by atoms with van der Waals surface area (Å²) in [5.74, 6) is 0. The number of nitrogens with zero attached hydrogens (tertiary/aromatic N) is 1. The number of aromatic nitrogens is 1. The molecule has 0 atom stereocenters. The summed E-state index contributed by atoms with van der Waals surface area (Å²) in [7, 11) is 0. The van der Waals surface area contributed by atoms with Gasteiger partial charge < -0.3 is 4.98 Å². The van der Waals surface area contributed by atoms with Crippen LogP contribution in [0, 0.1) is 17.0 Å². The number of non-ortho nitro benzene ring substituents is 1. The molecule has 0 amide bonds. The van der Waals surface area contributed by atoms with Gasteiger partial charge in [-0.1, -0.05) is 6.92 Å². The van der Waals surface area contributed by atoms with Gasteiger partial charge in [0.25, 0.3) is 5.69 Å². The summed E-state index contributed by atoms with van der Waals surface area (Å²) in [6.07, 6.45) is 0.611. The first kappa shape index (κ1) is 11.3. The summed E-state index contributed by atoms with van der Waals surface area (Å²) in [6, 6.07) is 4.29. The lowest BCUT2D eigenvalue weighted by Crippen LogP contribution is -2.12. The van der Waals surface area contributed by atoms with Gasteiger partial charge in [0.15, 0.2) is 5.43 Å². The van der Waals surface area contributed by atoms with Crippen LogP contribution in [0.15, 0.2) is 23.0 Å². The molecule has 2 aromatic rings. The Bertz CT molecular complexity index is 659. The topological polar surface area (TPSA) is 76.0 Å². The van der Waals surface area contributed by atoms with Crippen LogP contribution >= 0.6 is 0 Å². The second-order valence-electron chi connectivity index (χ2n) is 3.90. The number of fused-ring (bicyclic) bond motifs is 1. The summed E-state index contributed by atoms with van der Waals surface area (Å²) in [6.45, 7) is 3.72. The van der Waals surface area contributed by atoms with Gasteiger partial charge >= 0.3 is 0 Å². The fourth-order valence-corrected chi connectivity index (χ4v) is 1.98. The highest BCUT2D eigenvalue weighted by molar-refractivity contribution is 5.81. The van der Waals surface area contributed by atoms with Crippen molar-refractivity contribution in [2.75, 3.05) is 0 Å². The molecule has 0 unspecified atom stereocenters. The van der Waals surface area contributed by atoms with Crippen LogP contribution in [0.25, 0.3) is 10.9 Å². The zero-order chi connectivity index (χ0) is 12.6. The molecule has 17 heavy (non-hydrogen) atoms. The van der Waals surface area contributed by atoms with Crippen molar-refractivity contribution in [3.8, 4) is 0 Å². The monoisotopic (exact) mass is 232 g/mol. The number of rotatable bonds is 2. The third-order valence-corrected chi connectivity index (χ3v) is 2.86. The van der Waals surface area contributed by atoms with Crippen LogP contribution < -0.4 is 5.43 Å². The second kappa shape index (κ2) is 4.01. The molecular weight excluding hydrogens is 220 g/mol. The lowest BCUT2D eigenvalue weighted by molar-refractivity contribution is -0.384. The molecule has 0 saturated heterocycles. The number of hydrogen-bond acceptors (Lipinski definition) is 3. The Morgan fingerprint density at radius 2 is 2.12 bits per heavy atom. The standard InChI is InChI=1S/C12H12N2O3/c1-3-9-7(2)13-11-5-4-8(14(16)17)6-10(11)12(9)15/h4-6H,3H2,1-2H3,(H,13,15). The van der Waals surface area contributed by atoms with Crippen molar-refractivity contribution < 1.29 is 4.92 Å². The van der Waals surface area contributed by atoms with E-state index in [1.165, 1.54) is 12.1 Å². The summed E-state index contributed by atoms with van der Waals surface area (Å²) in [4.78, 5) is 25.4. The van der Waals surface area contributed by atoms with E-state index in [1.807, 2.05) is 13.8 Å². The van der Waals surface area contributed by atoms with E-state index in [0.717, 1.165) is 5.69 Å². The number of H-pyrrole nitrogens is 1. The van der Waals surface area contributed by atoms with Crippen LogP contribution in [0.2, 0.25) is 0 Å². The van der Waals surface area contributed by atoms with Crippen molar-refractivity contribution in [2.45, 2.75) is 20.3 Å². The molecule has 5 nitrogen and oxygen atoms in total. The minimum absolute atomic E-state index is 0.0612. The lowest BCUT2D eigenvalue weighted by Gasteiger charge is -2.05. The van der Waals surface area contributed by atoms with E-state index < -0.39 is 4.92 Å². The van der Waals surface area contributed by atoms with E-state index in [0.29, 0.717) is 22.9 Å². The summed E-state index contributed by atoms with van der Waals surface area (Å²) < 4.78 is 0. The molecule has 2 rings (SSSR count). The van der Waals surface area contributed by atoms with Gasteiger partial charge in [0.05, 0.1) is 10.3 Å². The minimum Gasteiger partial charge on any atom is -0.358 e. The third-order valence-electron chi connectivity index (χ3n) is 2.86. The van der Waals surface area contributed by atoms with Gasteiger partial charge in [0.2, 0.25) is 0 Å². The molecule has 0 fully saturated rings.